The van der Waals surface area contributed by atoms with Crippen molar-refractivity contribution in [2.24, 2.45) is 5.10 Å². The minimum Gasteiger partial charge on any atom is -0.508 e. The molecule has 0 aliphatic carbocycles. The summed E-state index contributed by atoms with van der Waals surface area (Å²) in [6.07, 6.45) is -4.97. The zero-order chi connectivity index (χ0) is 16.5. The number of phenols is 1. The van der Waals surface area contributed by atoms with Gasteiger partial charge in [0.15, 0.2) is 0 Å². The highest BCUT2D eigenvalue weighted by atomic mass is 19.4. The molecule has 2 N–H and O–H groups in total. The van der Waals surface area contributed by atoms with Crippen LogP contribution >= 0.6 is 0 Å². The Bertz CT molecular complexity index is 598. The number of aromatic hydroxyl groups is 1. The van der Waals surface area contributed by atoms with Crippen molar-refractivity contribution < 1.29 is 28.2 Å². The first-order valence-corrected chi connectivity index (χ1v) is 6.68. The van der Waals surface area contributed by atoms with Crippen LogP contribution in [0.5, 0.6) is 5.75 Å². The zero-order valence-electron chi connectivity index (χ0n) is 11.8. The van der Waals surface area contributed by atoms with Crippen LogP contribution in [0.4, 0.5) is 13.2 Å². The van der Waals surface area contributed by atoms with Gasteiger partial charge in [0, 0.05) is 17.7 Å². The van der Waals surface area contributed by atoms with Gasteiger partial charge in [-0.1, -0.05) is 13.3 Å². The third-order valence-electron chi connectivity index (χ3n) is 3.34. The van der Waals surface area contributed by atoms with Gasteiger partial charge in [-0.25, -0.2) is 0 Å². The minimum atomic E-state index is -5.03. The van der Waals surface area contributed by atoms with Crippen molar-refractivity contribution in [1.82, 2.24) is 5.01 Å². The SMILES string of the molecule is CCCC1=NN(C(=O)c2ccc(O)cc2)[C@](O)(C(F)(F)F)C1. The molecule has 0 unspecified atom stereocenters. The summed E-state index contributed by atoms with van der Waals surface area (Å²) in [6.45, 7) is 1.76. The Labute approximate surface area is 124 Å². The maximum absolute atomic E-state index is 13.2. The Morgan fingerprint density at radius 1 is 1.36 bits per heavy atom. The van der Waals surface area contributed by atoms with Gasteiger partial charge in [-0.05, 0) is 30.7 Å². The number of hydrazone groups is 1. The molecule has 1 aromatic carbocycles. The molecule has 0 saturated heterocycles. The van der Waals surface area contributed by atoms with E-state index < -0.39 is 24.2 Å². The molecule has 0 aromatic heterocycles. The van der Waals surface area contributed by atoms with Crippen LogP contribution in [0.15, 0.2) is 29.4 Å². The van der Waals surface area contributed by atoms with Crippen LogP contribution in [0.1, 0.15) is 36.5 Å². The summed E-state index contributed by atoms with van der Waals surface area (Å²) in [5.74, 6) is -1.20. The number of alkyl halides is 3. The van der Waals surface area contributed by atoms with Crippen LogP contribution in [0.2, 0.25) is 0 Å². The fourth-order valence-electron chi connectivity index (χ4n) is 2.21. The molecule has 2 rings (SSSR count). The normalized spacial score (nSPS) is 21.9. The summed E-state index contributed by atoms with van der Waals surface area (Å²) in [4.78, 5) is 12.2. The molecule has 1 atom stereocenters. The molecule has 0 bridgehead atoms. The summed E-state index contributed by atoms with van der Waals surface area (Å²) < 4.78 is 39.6. The minimum absolute atomic E-state index is 0.0877. The number of amides is 1. The summed E-state index contributed by atoms with van der Waals surface area (Å²) in [7, 11) is 0. The molecular formula is C14H15F3N2O3. The second-order valence-electron chi connectivity index (χ2n) is 5.07. The molecule has 120 valence electrons. The maximum atomic E-state index is 13.2. The lowest BCUT2D eigenvalue weighted by Crippen LogP contribution is -2.56. The highest BCUT2D eigenvalue weighted by molar-refractivity contribution is 5.98. The summed E-state index contributed by atoms with van der Waals surface area (Å²) in [6, 6.07) is 4.68. The van der Waals surface area contributed by atoms with E-state index in [1.165, 1.54) is 24.3 Å². The third kappa shape index (κ3) is 2.78. The number of nitrogens with zero attached hydrogens (tertiary/aromatic N) is 2. The average molecular weight is 316 g/mol. The van der Waals surface area contributed by atoms with Gasteiger partial charge >= 0.3 is 6.18 Å². The molecule has 1 aliphatic heterocycles. The van der Waals surface area contributed by atoms with E-state index in [0.717, 1.165) is 0 Å². The number of aliphatic hydroxyl groups is 1. The summed E-state index contributed by atoms with van der Waals surface area (Å²) in [5.41, 5.74) is -3.33. The largest absolute Gasteiger partial charge is 0.508 e. The number of rotatable bonds is 3. The van der Waals surface area contributed by atoms with Crippen molar-refractivity contribution in [2.45, 2.75) is 38.1 Å². The van der Waals surface area contributed by atoms with E-state index in [0.29, 0.717) is 6.42 Å². The number of halogens is 3. The van der Waals surface area contributed by atoms with E-state index in [-0.39, 0.29) is 28.5 Å². The fourth-order valence-corrected chi connectivity index (χ4v) is 2.21. The van der Waals surface area contributed by atoms with Crippen LogP contribution in [0.25, 0.3) is 0 Å². The molecule has 1 aromatic rings. The summed E-state index contributed by atoms with van der Waals surface area (Å²) in [5, 5.41) is 22.9. The van der Waals surface area contributed by atoms with Gasteiger partial charge in [0.05, 0.1) is 0 Å². The van der Waals surface area contributed by atoms with E-state index in [4.69, 9.17) is 5.11 Å². The zero-order valence-corrected chi connectivity index (χ0v) is 11.8. The Balaban J connectivity index is 2.39. The molecule has 1 aliphatic rings. The topological polar surface area (TPSA) is 73.1 Å². The van der Waals surface area contributed by atoms with Crippen LogP contribution in [-0.4, -0.2) is 38.7 Å². The van der Waals surface area contributed by atoms with Crippen molar-refractivity contribution in [3.05, 3.63) is 29.8 Å². The van der Waals surface area contributed by atoms with Crippen molar-refractivity contribution in [1.29, 1.82) is 0 Å². The van der Waals surface area contributed by atoms with E-state index in [2.05, 4.69) is 5.10 Å². The first-order chi connectivity index (χ1) is 10.2. The Morgan fingerprint density at radius 3 is 2.45 bits per heavy atom. The van der Waals surface area contributed by atoms with Crippen LogP contribution in [0.3, 0.4) is 0 Å². The highest BCUT2D eigenvalue weighted by Gasteiger charge is 2.63. The lowest BCUT2D eigenvalue weighted by Gasteiger charge is -2.32. The number of hydrogen-bond acceptors (Lipinski definition) is 4. The van der Waals surface area contributed by atoms with Gasteiger partial charge in [0.1, 0.15) is 5.75 Å². The number of phenolic OH excluding ortho intramolecular Hbond substituents is 1. The molecule has 22 heavy (non-hydrogen) atoms. The molecule has 0 saturated carbocycles. The van der Waals surface area contributed by atoms with Crippen molar-refractivity contribution in [3.63, 3.8) is 0 Å². The smallest absolute Gasteiger partial charge is 0.438 e. The average Bonchev–Trinajstić information content (AvgIpc) is 2.77. The molecular weight excluding hydrogens is 301 g/mol. The lowest BCUT2D eigenvalue weighted by atomic mass is 10.0. The van der Waals surface area contributed by atoms with Crippen molar-refractivity contribution in [2.75, 3.05) is 0 Å². The highest BCUT2D eigenvalue weighted by Crippen LogP contribution is 2.41. The summed E-state index contributed by atoms with van der Waals surface area (Å²) >= 11 is 0. The lowest BCUT2D eigenvalue weighted by molar-refractivity contribution is -0.297. The maximum Gasteiger partial charge on any atom is 0.438 e. The van der Waals surface area contributed by atoms with Gasteiger partial charge in [-0.2, -0.15) is 23.3 Å². The number of carbonyl (C=O) groups excluding carboxylic acids is 1. The van der Waals surface area contributed by atoms with Gasteiger partial charge in [0.25, 0.3) is 11.6 Å². The predicted octanol–water partition coefficient (Wildman–Crippen LogP) is 2.65. The molecule has 0 spiro atoms. The fraction of sp³-hybridized carbons (Fsp3) is 0.429. The number of hydrogen-bond donors (Lipinski definition) is 2. The molecule has 0 radical (unpaired) electrons. The van der Waals surface area contributed by atoms with Crippen LogP contribution < -0.4 is 0 Å². The van der Waals surface area contributed by atoms with Gasteiger partial charge in [0.2, 0.25) is 0 Å². The Hall–Kier alpha value is -2.09. The van der Waals surface area contributed by atoms with E-state index in [9.17, 15) is 23.1 Å². The van der Waals surface area contributed by atoms with Crippen LogP contribution in [0, 0.1) is 0 Å². The molecule has 0 fully saturated rings. The Kier molecular flexibility index (Phi) is 4.15. The van der Waals surface area contributed by atoms with E-state index in [1.807, 2.05) is 0 Å². The Morgan fingerprint density at radius 2 is 1.95 bits per heavy atom. The molecule has 5 nitrogen and oxygen atoms in total. The second kappa shape index (κ2) is 5.60. The molecule has 8 heteroatoms. The molecule has 1 heterocycles. The number of benzene rings is 1. The van der Waals surface area contributed by atoms with E-state index >= 15 is 0 Å². The predicted molar refractivity (Wildman–Crippen MR) is 72.2 cm³/mol. The standard InChI is InChI=1S/C14H15F3N2O3/c1-2-3-10-8-13(22,14(15,16)17)19(18-10)12(21)9-4-6-11(20)7-5-9/h4-7,20,22H,2-3,8H2,1H3/t13-/m1/s1. The first kappa shape index (κ1) is 16.3. The monoisotopic (exact) mass is 316 g/mol. The quantitative estimate of drug-likeness (QED) is 0.900. The van der Waals surface area contributed by atoms with Crippen molar-refractivity contribution in [3.8, 4) is 5.75 Å². The third-order valence-corrected chi connectivity index (χ3v) is 3.34. The van der Waals surface area contributed by atoms with Crippen molar-refractivity contribution >= 4 is 11.6 Å². The van der Waals surface area contributed by atoms with Gasteiger partial charge in [-0.3, -0.25) is 4.79 Å². The first-order valence-electron chi connectivity index (χ1n) is 6.68. The van der Waals surface area contributed by atoms with Crippen LogP contribution in [-0.2, 0) is 0 Å². The number of carbonyl (C=O) groups is 1. The van der Waals surface area contributed by atoms with E-state index in [1.54, 1.807) is 6.92 Å². The second-order valence-corrected chi connectivity index (χ2v) is 5.07. The van der Waals surface area contributed by atoms with Gasteiger partial charge in [-0.15, -0.1) is 0 Å². The van der Waals surface area contributed by atoms with Gasteiger partial charge < -0.3 is 10.2 Å². The molecule has 1 amide bonds.